The fourth-order valence-electron chi connectivity index (χ4n) is 3.02. The van der Waals surface area contributed by atoms with Crippen LogP contribution in [-0.4, -0.2) is 28.7 Å². The number of hydroxylamine groups is 1. The SMILES string of the molecule is CONCC1=C(n2ccccc2=O)c2cc([N+](=O)[O-])ccc2OC1(C)C. The first-order valence-corrected chi connectivity index (χ1v) is 8.00. The van der Waals surface area contributed by atoms with Gasteiger partial charge in [0, 0.05) is 42.1 Å². The van der Waals surface area contributed by atoms with Gasteiger partial charge in [0.15, 0.2) is 0 Å². The molecule has 0 spiro atoms. The first kappa shape index (κ1) is 17.8. The number of benzene rings is 1. The summed E-state index contributed by atoms with van der Waals surface area (Å²) in [6.07, 6.45) is 1.63. The third kappa shape index (κ3) is 3.12. The van der Waals surface area contributed by atoms with Gasteiger partial charge in [0.1, 0.15) is 11.4 Å². The summed E-state index contributed by atoms with van der Waals surface area (Å²) < 4.78 is 7.54. The summed E-state index contributed by atoms with van der Waals surface area (Å²) in [4.78, 5) is 28.2. The quantitative estimate of drug-likeness (QED) is 0.652. The Morgan fingerprint density at radius 3 is 2.73 bits per heavy atom. The molecule has 0 atom stereocenters. The summed E-state index contributed by atoms with van der Waals surface area (Å²) in [7, 11) is 1.49. The summed E-state index contributed by atoms with van der Waals surface area (Å²) in [6, 6.07) is 9.18. The van der Waals surface area contributed by atoms with Gasteiger partial charge in [-0.3, -0.25) is 19.5 Å². The van der Waals surface area contributed by atoms with E-state index in [1.807, 2.05) is 13.8 Å². The zero-order chi connectivity index (χ0) is 18.9. The number of non-ortho nitro benzene ring substituents is 1. The highest BCUT2D eigenvalue weighted by molar-refractivity contribution is 5.78. The molecule has 26 heavy (non-hydrogen) atoms. The van der Waals surface area contributed by atoms with E-state index >= 15 is 0 Å². The molecular weight excluding hydrogens is 338 g/mol. The van der Waals surface area contributed by atoms with Gasteiger partial charge in [0.25, 0.3) is 11.2 Å². The first-order valence-electron chi connectivity index (χ1n) is 8.00. The van der Waals surface area contributed by atoms with Crippen LogP contribution in [0.3, 0.4) is 0 Å². The molecule has 0 fully saturated rings. The number of nitrogens with one attached hydrogen (secondary N) is 1. The van der Waals surface area contributed by atoms with Gasteiger partial charge in [-0.1, -0.05) is 6.07 Å². The Kier molecular flexibility index (Phi) is 4.62. The van der Waals surface area contributed by atoms with Crippen molar-refractivity contribution in [1.29, 1.82) is 0 Å². The molecule has 8 nitrogen and oxygen atoms in total. The summed E-state index contributed by atoms with van der Waals surface area (Å²) in [5.41, 5.74) is 3.48. The third-order valence-electron chi connectivity index (χ3n) is 4.26. The van der Waals surface area contributed by atoms with Crippen LogP contribution in [0, 0.1) is 10.1 Å². The van der Waals surface area contributed by atoms with Crippen molar-refractivity contribution in [2.24, 2.45) is 0 Å². The highest BCUT2D eigenvalue weighted by Gasteiger charge is 2.36. The highest BCUT2D eigenvalue weighted by Crippen LogP contribution is 2.42. The highest BCUT2D eigenvalue weighted by atomic mass is 16.6. The smallest absolute Gasteiger partial charge is 0.270 e. The number of hydrogen-bond donors (Lipinski definition) is 1. The van der Waals surface area contributed by atoms with Crippen molar-refractivity contribution in [3.8, 4) is 5.75 Å². The van der Waals surface area contributed by atoms with Crippen molar-refractivity contribution in [2.75, 3.05) is 13.7 Å². The first-order chi connectivity index (χ1) is 12.3. The van der Waals surface area contributed by atoms with Crippen molar-refractivity contribution in [1.82, 2.24) is 10.0 Å². The maximum Gasteiger partial charge on any atom is 0.270 e. The second kappa shape index (κ2) is 6.74. The van der Waals surface area contributed by atoms with Crippen LogP contribution < -0.4 is 15.8 Å². The summed E-state index contributed by atoms with van der Waals surface area (Å²) in [5, 5.41) is 11.2. The van der Waals surface area contributed by atoms with Crippen LogP contribution in [0.2, 0.25) is 0 Å². The van der Waals surface area contributed by atoms with Gasteiger partial charge in [-0.05, 0) is 26.0 Å². The minimum Gasteiger partial charge on any atom is -0.483 e. The van der Waals surface area contributed by atoms with Crippen LogP contribution in [-0.2, 0) is 4.84 Å². The number of pyridine rings is 1. The average molecular weight is 357 g/mol. The Hall–Kier alpha value is -2.97. The lowest BCUT2D eigenvalue weighted by molar-refractivity contribution is -0.384. The minimum absolute atomic E-state index is 0.0763. The third-order valence-corrected chi connectivity index (χ3v) is 4.26. The normalized spacial score (nSPS) is 15.3. The molecule has 0 saturated carbocycles. The Morgan fingerprint density at radius 2 is 2.08 bits per heavy atom. The van der Waals surface area contributed by atoms with E-state index in [4.69, 9.17) is 9.57 Å². The maximum absolute atomic E-state index is 12.5. The summed E-state index contributed by atoms with van der Waals surface area (Å²) in [6.45, 7) is 4.03. The molecule has 3 rings (SSSR count). The molecule has 136 valence electrons. The number of ether oxygens (including phenoxy) is 1. The lowest BCUT2D eigenvalue weighted by Crippen LogP contribution is -2.41. The van der Waals surface area contributed by atoms with Gasteiger partial charge in [-0.25, -0.2) is 0 Å². The second-order valence-corrected chi connectivity index (χ2v) is 6.31. The lowest BCUT2D eigenvalue weighted by Gasteiger charge is -2.37. The van der Waals surface area contributed by atoms with E-state index in [0.29, 0.717) is 17.0 Å². The molecule has 0 bridgehead atoms. The zero-order valence-electron chi connectivity index (χ0n) is 14.7. The molecule has 0 aliphatic carbocycles. The zero-order valence-corrected chi connectivity index (χ0v) is 14.7. The fraction of sp³-hybridized carbons (Fsp3) is 0.278. The van der Waals surface area contributed by atoms with Crippen molar-refractivity contribution >= 4 is 11.4 Å². The number of nitro groups is 1. The fourth-order valence-corrected chi connectivity index (χ4v) is 3.02. The maximum atomic E-state index is 12.5. The number of rotatable bonds is 5. The summed E-state index contributed by atoms with van der Waals surface area (Å²) >= 11 is 0. The number of hydrogen-bond acceptors (Lipinski definition) is 6. The molecule has 1 aliphatic rings. The van der Waals surface area contributed by atoms with E-state index in [1.165, 1.54) is 29.9 Å². The molecule has 1 N–H and O–H groups in total. The molecule has 1 aromatic carbocycles. The molecule has 1 aliphatic heterocycles. The van der Waals surface area contributed by atoms with Gasteiger partial charge in [0.2, 0.25) is 0 Å². The van der Waals surface area contributed by atoms with Gasteiger partial charge in [-0.15, -0.1) is 0 Å². The van der Waals surface area contributed by atoms with E-state index in [0.717, 1.165) is 5.57 Å². The van der Waals surface area contributed by atoms with Crippen LogP contribution in [0.15, 0.2) is 53.0 Å². The largest absolute Gasteiger partial charge is 0.483 e. The molecule has 0 radical (unpaired) electrons. The van der Waals surface area contributed by atoms with Crippen molar-refractivity contribution in [3.05, 3.63) is 74.2 Å². The van der Waals surface area contributed by atoms with Crippen LogP contribution >= 0.6 is 0 Å². The van der Waals surface area contributed by atoms with Crippen LogP contribution in [0.4, 0.5) is 5.69 Å². The van der Waals surface area contributed by atoms with E-state index in [2.05, 4.69) is 5.48 Å². The standard InChI is InChI=1S/C18H19N3O5/c1-18(2)14(11-19-25-3)17(20-9-5-4-6-16(20)22)13-10-12(21(23)24)7-8-15(13)26-18/h4-10,19H,11H2,1-3H3. The monoisotopic (exact) mass is 357 g/mol. The molecule has 1 aromatic heterocycles. The second-order valence-electron chi connectivity index (χ2n) is 6.31. The molecule has 0 saturated heterocycles. The van der Waals surface area contributed by atoms with Gasteiger partial charge < -0.3 is 9.57 Å². The van der Waals surface area contributed by atoms with Crippen LogP contribution in [0.5, 0.6) is 5.75 Å². The Morgan fingerprint density at radius 1 is 1.31 bits per heavy atom. The number of nitro benzene ring substituents is 1. The lowest BCUT2D eigenvalue weighted by atomic mass is 9.89. The predicted molar refractivity (Wildman–Crippen MR) is 95.8 cm³/mol. The molecule has 0 amide bonds. The number of nitrogens with zero attached hydrogens (tertiary/aromatic N) is 2. The predicted octanol–water partition coefficient (Wildman–Crippen LogP) is 2.34. The van der Waals surface area contributed by atoms with Crippen LogP contribution in [0.25, 0.3) is 5.70 Å². The van der Waals surface area contributed by atoms with Crippen molar-refractivity contribution < 1.29 is 14.5 Å². The number of fused-ring (bicyclic) bond motifs is 1. The van der Waals surface area contributed by atoms with Gasteiger partial charge in [-0.2, -0.15) is 5.48 Å². The molecule has 0 unspecified atom stereocenters. The van der Waals surface area contributed by atoms with E-state index in [1.54, 1.807) is 24.4 Å². The minimum atomic E-state index is -0.751. The van der Waals surface area contributed by atoms with E-state index in [9.17, 15) is 14.9 Å². The molecule has 8 heteroatoms. The van der Waals surface area contributed by atoms with Gasteiger partial charge in [0.05, 0.1) is 17.7 Å². The van der Waals surface area contributed by atoms with Crippen LogP contribution in [0.1, 0.15) is 19.4 Å². The van der Waals surface area contributed by atoms with E-state index < -0.39 is 10.5 Å². The molecular formula is C18H19N3O5. The Labute approximate surface area is 149 Å². The Bertz CT molecular complexity index is 946. The van der Waals surface area contributed by atoms with Crippen molar-refractivity contribution in [2.45, 2.75) is 19.4 Å². The average Bonchev–Trinajstić information content (AvgIpc) is 2.59. The summed E-state index contributed by atoms with van der Waals surface area (Å²) in [5.74, 6) is 0.479. The Balaban J connectivity index is 2.34. The van der Waals surface area contributed by atoms with Crippen molar-refractivity contribution in [3.63, 3.8) is 0 Å². The van der Waals surface area contributed by atoms with E-state index in [-0.39, 0.29) is 17.8 Å². The molecule has 2 aromatic rings. The topological polar surface area (TPSA) is 95.6 Å². The van der Waals surface area contributed by atoms with Gasteiger partial charge >= 0.3 is 0 Å². The number of aromatic nitrogens is 1. The molecule has 2 heterocycles.